The summed E-state index contributed by atoms with van der Waals surface area (Å²) < 4.78 is 19.5. The number of hydrogen-bond donors (Lipinski definition) is 1. The first-order valence-corrected chi connectivity index (χ1v) is 6.02. The summed E-state index contributed by atoms with van der Waals surface area (Å²) in [6.07, 6.45) is 0.646. The Morgan fingerprint density at radius 3 is 2.72 bits per heavy atom. The van der Waals surface area contributed by atoms with E-state index in [9.17, 15) is 4.39 Å². The van der Waals surface area contributed by atoms with E-state index in [2.05, 4.69) is 0 Å². The number of rotatable bonds is 2. The minimum absolute atomic E-state index is 0.0377. The second-order valence-corrected chi connectivity index (χ2v) is 4.49. The van der Waals surface area contributed by atoms with Gasteiger partial charge in [-0.25, -0.2) is 4.39 Å². The highest BCUT2D eigenvalue weighted by Crippen LogP contribution is 2.39. The number of fused-ring (bicyclic) bond motifs is 1. The van der Waals surface area contributed by atoms with Crippen LogP contribution in [0.3, 0.4) is 0 Å². The summed E-state index contributed by atoms with van der Waals surface area (Å²) in [5.74, 6) is 0.548. The molecule has 3 rings (SSSR count). The monoisotopic (exact) mass is 243 g/mol. The van der Waals surface area contributed by atoms with Gasteiger partial charge in [0.25, 0.3) is 0 Å². The summed E-state index contributed by atoms with van der Waals surface area (Å²) >= 11 is 0. The summed E-state index contributed by atoms with van der Waals surface area (Å²) in [4.78, 5) is 0. The molecule has 0 aliphatic carbocycles. The van der Waals surface area contributed by atoms with Crippen LogP contribution in [0, 0.1) is 5.82 Å². The minimum atomic E-state index is -0.228. The second kappa shape index (κ2) is 4.42. The highest BCUT2D eigenvalue weighted by atomic mass is 19.1. The van der Waals surface area contributed by atoms with E-state index in [4.69, 9.17) is 10.5 Å². The molecule has 0 fully saturated rings. The molecule has 0 bridgehead atoms. The van der Waals surface area contributed by atoms with Crippen molar-refractivity contribution in [1.29, 1.82) is 0 Å². The van der Waals surface area contributed by atoms with Gasteiger partial charge in [0, 0.05) is 24.1 Å². The largest absolute Gasteiger partial charge is 0.488 e. The standard InChI is InChI=1S/C15H14FNO/c16-12-6-11-7-13(9-17)18-15(11)14(8-12)10-4-2-1-3-5-10/h1-6,8,13H,7,9,17H2. The van der Waals surface area contributed by atoms with Gasteiger partial charge in [0.1, 0.15) is 17.7 Å². The van der Waals surface area contributed by atoms with Crippen molar-refractivity contribution in [2.45, 2.75) is 12.5 Å². The quantitative estimate of drug-likeness (QED) is 0.880. The second-order valence-electron chi connectivity index (χ2n) is 4.49. The summed E-state index contributed by atoms with van der Waals surface area (Å²) in [7, 11) is 0. The lowest BCUT2D eigenvalue weighted by Crippen LogP contribution is -2.24. The summed E-state index contributed by atoms with van der Waals surface area (Å²) in [5.41, 5.74) is 8.30. The maximum Gasteiger partial charge on any atom is 0.131 e. The molecule has 1 aliphatic rings. The highest BCUT2D eigenvalue weighted by molar-refractivity contribution is 5.73. The van der Waals surface area contributed by atoms with E-state index in [1.807, 2.05) is 30.3 Å². The summed E-state index contributed by atoms with van der Waals surface area (Å²) in [6.45, 7) is 0.449. The lowest BCUT2D eigenvalue weighted by molar-refractivity contribution is 0.242. The van der Waals surface area contributed by atoms with Crippen LogP contribution >= 0.6 is 0 Å². The van der Waals surface area contributed by atoms with Gasteiger partial charge in [-0.05, 0) is 17.7 Å². The fourth-order valence-electron chi connectivity index (χ4n) is 2.36. The van der Waals surface area contributed by atoms with Crippen LogP contribution < -0.4 is 10.5 Å². The zero-order chi connectivity index (χ0) is 12.5. The van der Waals surface area contributed by atoms with E-state index in [1.54, 1.807) is 0 Å². The molecule has 0 spiro atoms. The average Bonchev–Trinajstić information content (AvgIpc) is 2.81. The number of hydrogen-bond acceptors (Lipinski definition) is 2. The number of benzene rings is 2. The van der Waals surface area contributed by atoms with Crippen LogP contribution in [0.1, 0.15) is 5.56 Å². The van der Waals surface area contributed by atoms with Gasteiger partial charge in [-0.3, -0.25) is 0 Å². The third-order valence-electron chi connectivity index (χ3n) is 3.21. The first-order chi connectivity index (χ1) is 8.78. The molecule has 2 nitrogen and oxygen atoms in total. The van der Waals surface area contributed by atoms with Crippen molar-refractivity contribution in [3.8, 4) is 16.9 Å². The maximum atomic E-state index is 13.7. The van der Waals surface area contributed by atoms with Crippen molar-refractivity contribution in [2.24, 2.45) is 5.73 Å². The van der Waals surface area contributed by atoms with Crippen molar-refractivity contribution in [1.82, 2.24) is 0 Å². The Hall–Kier alpha value is -1.87. The van der Waals surface area contributed by atoms with Crippen molar-refractivity contribution >= 4 is 0 Å². The maximum absolute atomic E-state index is 13.7. The molecule has 0 amide bonds. The molecule has 0 saturated carbocycles. The van der Waals surface area contributed by atoms with Gasteiger partial charge in [-0.1, -0.05) is 30.3 Å². The normalized spacial score (nSPS) is 17.3. The Morgan fingerprint density at radius 2 is 2.00 bits per heavy atom. The van der Waals surface area contributed by atoms with Crippen molar-refractivity contribution in [2.75, 3.05) is 6.54 Å². The number of ether oxygens (including phenoxy) is 1. The van der Waals surface area contributed by atoms with Gasteiger partial charge in [0.05, 0.1) is 0 Å². The van der Waals surface area contributed by atoms with Gasteiger partial charge in [-0.15, -0.1) is 0 Å². The van der Waals surface area contributed by atoms with E-state index in [0.717, 1.165) is 22.4 Å². The van der Waals surface area contributed by atoms with Crippen LogP contribution in [0.2, 0.25) is 0 Å². The first-order valence-electron chi connectivity index (χ1n) is 6.02. The van der Waals surface area contributed by atoms with Crippen LogP contribution in [-0.4, -0.2) is 12.6 Å². The van der Waals surface area contributed by atoms with Gasteiger partial charge in [0.15, 0.2) is 0 Å². The van der Waals surface area contributed by atoms with Gasteiger partial charge in [-0.2, -0.15) is 0 Å². The van der Waals surface area contributed by atoms with Crippen molar-refractivity contribution in [3.05, 3.63) is 53.8 Å². The zero-order valence-electron chi connectivity index (χ0n) is 9.90. The molecule has 2 aromatic rings. The Labute approximate surface area is 105 Å². The van der Waals surface area contributed by atoms with Crippen LogP contribution in [0.4, 0.5) is 4.39 Å². The van der Waals surface area contributed by atoms with Crippen LogP contribution in [0.25, 0.3) is 11.1 Å². The Bertz CT molecular complexity index is 568. The van der Waals surface area contributed by atoms with Crippen LogP contribution in [-0.2, 0) is 6.42 Å². The van der Waals surface area contributed by atoms with Crippen molar-refractivity contribution < 1.29 is 9.13 Å². The molecular weight excluding hydrogens is 229 g/mol. The molecule has 1 atom stereocenters. The molecule has 92 valence electrons. The SMILES string of the molecule is NCC1Cc2cc(F)cc(-c3ccccc3)c2O1. The Balaban J connectivity index is 2.12. The fraction of sp³-hybridized carbons (Fsp3) is 0.200. The summed E-state index contributed by atoms with van der Waals surface area (Å²) in [5, 5.41) is 0. The van der Waals surface area contributed by atoms with Crippen LogP contribution in [0.5, 0.6) is 5.75 Å². The van der Waals surface area contributed by atoms with Crippen molar-refractivity contribution in [3.63, 3.8) is 0 Å². The lowest BCUT2D eigenvalue weighted by atomic mass is 10.0. The fourth-order valence-corrected chi connectivity index (χ4v) is 2.36. The lowest BCUT2D eigenvalue weighted by Gasteiger charge is -2.11. The van der Waals surface area contributed by atoms with E-state index in [0.29, 0.717) is 13.0 Å². The third-order valence-corrected chi connectivity index (χ3v) is 3.21. The molecular formula is C15H14FNO. The van der Waals surface area contributed by atoms with E-state index in [-0.39, 0.29) is 11.9 Å². The average molecular weight is 243 g/mol. The topological polar surface area (TPSA) is 35.2 Å². The minimum Gasteiger partial charge on any atom is -0.488 e. The zero-order valence-corrected chi connectivity index (χ0v) is 9.90. The molecule has 0 radical (unpaired) electrons. The van der Waals surface area contributed by atoms with E-state index >= 15 is 0 Å². The van der Waals surface area contributed by atoms with Gasteiger partial charge < -0.3 is 10.5 Å². The smallest absolute Gasteiger partial charge is 0.131 e. The molecule has 3 heteroatoms. The molecule has 1 heterocycles. The highest BCUT2D eigenvalue weighted by Gasteiger charge is 2.25. The molecule has 2 N–H and O–H groups in total. The first kappa shape index (κ1) is 11.2. The Kier molecular flexibility index (Phi) is 2.76. The van der Waals surface area contributed by atoms with E-state index in [1.165, 1.54) is 12.1 Å². The molecule has 0 saturated heterocycles. The predicted octanol–water partition coefficient (Wildman–Crippen LogP) is 2.75. The molecule has 1 aliphatic heterocycles. The predicted molar refractivity (Wildman–Crippen MR) is 69.0 cm³/mol. The molecule has 1 unspecified atom stereocenters. The van der Waals surface area contributed by atoms with Gasteiger partial charge in [0.2, 0.25) is 0 Å². The molecule has 0 aromatic heterocycles. The molecule has 18 heavy (non-hydrogen) atoms. The van der Waals surface area contributed by atoms with E-state index < -0.39 is 0 Å². The molecule has 2 aromatic carbocycles. The Morgan fingerprint density at radius 1 is 1.22 bits per heavy atom. The number of halogens is 1. The number of nitrogens with two attached hydrogens (primary N) is 1. The third kappa shape index (κ3) is 1.87. The summed E-state index contributed by atoms with van der Waals surface area (Å²) in [6, 6.07) is 12.8. The van der Waals surface area contributed by atoms with Crippen LogP contribution in [0.15, 0.2) is 42.5 Å². The van der Waals surface area contributed by atoms with Gasteiger partial charge >= 0.3 is 0 Å².